The third kappa shape index (κ3) is 3.13. The van der Waals surface area contributed by atoms with Gasteiger partial charge >= 0.3 is 0 Å². The van der Waals surface area contributed by atoms with E-state index in [1.54, 1.807) is 13.8 Å². The quantitative estimate of drug-likeness (QED) is 0.828. The van der Waals surface area contributed by atoms with Crippen molar-refractivity contribution in [1.29, 1.82) is 0 Å². The Bertz CT molecular complexity index is 341. The standard InChI is InChI=1S/C12H15FO2/c1-3-11(14)8-12(2,15)9-4-6-10(13)7-5-9/h4-7,15H,3,8H2,1-2H3. The van der Waals surface area contributed by atoms with E-state index in [1.165, 1.54) is 24.3 Å². The van der Waals surface area contributed by atoms with Crippen LogP contribution >= 0.6 is 0 Å². The monoisotopic (exact) mass is 210 g/mol. The Balaban J connectivity index is 2.85. The van der Waals surface area contributed by atoms with Crippen LogP contribution in [0.4, 0.5) is 4.39 Å². The lowest BCUT2D eigenvalue weighted by atomic mass is 9.90. The van der Waals surface area contributed by atoms with Crippen molar-refractivity contribution in [3.8, 4) is 0 Å². The predicted octanol–water partition coefficient (Wildman–Crippen LogP) is 2.40. The van der Waals surface area contributed by atoms with Crippen molar-refractivity contribution in [2.75, 3.05) is 0 Å². The van der Waals surface area contributed by atoms with E-state index in [1.807, 2.05) is 0 Å². The molecule has 0 spiro atoms. The summed E-state index contributed by atoms with van der Waals surface area (Å²) in [4.78, 5) is 11.2. The number of rotatable bonds is 4. The third-order valence-corrected chi connectivity index (χ3v) is 2.40. The Labute approximate surface area is 88.7 Å². The van der Waals surface area contributed by atoms with E-state index in [9.17, 15) is 14.3 Å². The molecule has 1 N–H and O–H groups in total. The SMILES string of the molecule is CCC(=O)CC(C)(O)c1ccc(F)cc1. The Morgan fingerprint density at radius 3 is 2.40 bits per heavy atom. The first-order chi connectivity index (χ1) is 6.95. The summed E-state index contributed by atoms with van der Waals surface area (Å²) in [5, 5.41) is 10.0. The molecule has 1 aromatic carbocycles. The highest BCUT2D eigenvalue weighted by Crippen LogP contribution is 2.25. The maximum atomic E-state index is 12.7. The average Bonchev–Trinajstić information content (AvgIpc) is 2.17. The fourth-order valence-electron chi connectivity index (χ4n) is 1.42. The van der Waals surface area contributed by atoms with Crippen LogP contribution in [0.2, 0.25) is 0 Å². The second-order valence-electron chi connectivity index (χ2n) is 3.85. The summed E-state index contributed by atoms with van der Waals surface area (Å²) >= 11 is 0. The Morgan fingerprint density at radius 2 is 1.93 bits per heavy atom. The van der Waals surface area contributed by atoms with Gasteiger partial charge in [0.05, 0.1) is 5.60 Å². The summed E-state index contributed by atoms with van der Waals surface area (Å²) in [6.45, 7) is 3.32. The molecule has 2 nitrogen and oxygen atoms in total. The molecule has 0 heterocycles. The zero-order chi connectivity index (χ0) is 11.5. The molecule has 0 aliphatic heterocycles. The highest BCUT2D eigenvalue weighted by molar-refractivity contribution is 5.79. The first-order valence-corrected chi connectivity index (χ1v) is 4.96. The molecule has 15 heavy (non-hydrogen) atoms. The van der Waals surface area contributed by atoms with Crippen LogP contribution < -0.4 is 0 Å². The van der Waals surface area contributed by atoms with Gasteiger partial charge in [0.1, 0.15) is 11.6 Å². The van der Waals surface area contributed by atoms with Gasteiger partial charge in [-0.05, 0) is 24.6 Å². The number of hydrogen-bond acceptors (Lipinski definition) is 2. The second-order valence-corrected chi connectivity index (χ2v) is 3.85. The second kappa shape index (κ2) is 4.53. The molecule has 1 unspecified atom stereocenters. The Kier molecular flexibility index (Phi) is 3.58. The van der Waals surface area contributed by atoms with Crippen LogP contribution in [-0.2, 0) is 10.4 Å². The number of carbonyl (C=O) groups excluding carboxylic acids is 1. The average molecular weight is 210 g/mol. The number of hydrogen-bond donors (Lipinski definition) is 1. The van der Waals surface area contributed by atoms with Gasteiger partial charge in [0, 0.05) is 12.8 Å². The van der Waals surface area contributed by atoms with Crippen molar-refractivity contribution in [2.24, 2.45) is 0 Å². The van der Waals surface area contributed by atoms with E-state index in [0.717, 1.165) is 0 Å². The number of halogens is 1. The molecule has 0 saturated heterocycles. The molecule has 0 aromatic heterocycles. The van der Waals surface area contributed by atoms with Crippen LogP contribution in [0.1, 0.15) is 32.3 Å². The van der Waals surface area contributed by atoms with E-state index in [2.05, 4.69) is 0 Å². The molecule has 0 fully saturated rings. The van der Waals surface area contributed by atoms with Crippen molar-refractivity contribution in [2.45, 2.75) is 32.3 Å². The molecule has 0 radical (unpaired) electrons. The smallest absolute Gasteiger partial charge is 0.135 e. The zero-order valence-corrected chi connectivity index (χ0v) is 8.96. The lowest BCUT2D eigenvalue weighted by Crippen LogP contribution is -2.24. The molecule has 0 bridgehead atoms. The molecule has 82 valence electrons. The van der Waals surface area contributed by atoms with Gasteiger partial charge in [-0.2, -0.15) is 0 Å². The minimum Gasteiger partial charge on any atom is -0.385 e. The summed E-state index contributed by atoms with van der Waals surface area (Å²) < 4.78 is 12.7. The summed E-state index contributed by atoms with van der Waals surface area (Å²) in [5.74, 6) is -0.360. The number of Topliss-reactive ketones (excluding diaryl/α,β-unsaturated/α-hetero) is 1. The van der Waals surface area contributed by atoms with Crippen molar-refractivity contribution in [3.63, 3.8) is 0 Å². The van der Waals surface area contributed by atoms with Gasteiger partial charge in [0.25, 0.3) is 0 Å². The van der Waals surface area contributed by atoms with E-state index in [4.69, 9.17) is 0 Å². The maximum absolute atomic E-state index is 12.7. The minimum absolute atomic E-state index is 0.00988. The molecular weight excluding hydrogens is 195 g/mol. The van der Waals surface area contributed by atoms with Crippen LogP contribution in [0.15, 0.2) is 24.3 Å². The van der Waals surface area contributed by atoms with Crippen LogP contribution in [0.25, 0.3) is 0 Å². The number of aliphatic hydroxyl groups is 1. The Hall–Kier alpha value is -1.22. The van der Waals surface area contributed by atoms with Gasteiger partial charge in [0.2, 0.25) is 0 Å². The molecule has 1 aromatic rings. The normalized spacial score (nSPS) is 14.7. The molecule has 0 amide bonds. The first-order valence-electron chi connectivity index (χ1n) is 4.96. The molecule has 0 aliphatic rings. The van der Waals surface area contributed by atoms with E-state index < -0.39 is 5.60 Å². The number of carbonyl (C=O) groups is 1. The molecule has 3 heteroatoms. The summed E-state index contributed by atoms with van der Waals surface area (Å²) in [7, 11) is 0. The molecule has 0 saturated carbocycles. The Morgan fingerprint density at radius 1 is 1.40 bits per heavy atom. The fourth-order valence-corrected chi connectivity index (χ4v) is 1.42. The first kappa shape index (κ1) is 11.9. The summed E-state index contributed by atoms with van der Waals surface area (Å²) in [5.41, 5.74) is -0.647. The van der Waals surface area contributed by atoms with Crippen molar-refractivity contribution < 1.29 is 14.3 Å². The highest BCUT2D eigenvalue weighted by Gasteiger charge is 2.25. The molecule has 0 aliphatic carbocycles. The van der Waals surface area contributed by atoms with Gasteiger partial charge in [-0.25, -0.2) is 4.39 Å². The molecule has 1 atom stereocenters. The van der Waals surface area contributed by atoms with Crippen molar-refractivity contribution in [1.82, 2.24) is 0 Å². The van der Waals surface area contributed by atoms with Crippen LogP contribution in [0, 0.1) is 5.82 Å². The van der Waals surface area contributed by atoms with E-state index >= 15 is 0 Å². The van der Waals surface area contributed by atoms with Crippen LogP contribution in [-0.4, -0.2) is 10.9 Å². The largest absolute Gasteiger partial charge is 0.385 e. The van der Waals surface area contributed by atoms with Crippen molar-refractivity contribution in [3.05, 3.63) is 35.6 Å². The fraction of sp³-hybridized carbons (Fsp3) is 0.417. The zero-order valence-electron chi connectivity index (χ0n) is 8.96. The van der Waals surface area contributed by atoms with Crippen LogP contribution in [0.3, 0.4) is 0 Å². The van der Waals surface area contributed by atoms with Gasteiger partial charge in [-0.15, -0.1) is 0 Å². The maximum Gasteiger partial charge on any atom is 0.135 e. The predicted molar refractivity (Wildman–Crippen MR) is 55.9 cm³/mol. The van der Waals surface area contributed by atoms with Gasteiger partial charge in [0.15, 0.2) is 0 Å². The lowest BCUT2D eigenvalue weighted by Gasteiger charge is -2.22. The van der Waals surface area contributed by atoms with Gasteiger partial charge in [-0.1, -0.05) is 19.1 Å². The molecular formula is C12H15FO2. The lowest BCUT2D eigenvalue weighted by molar-refractivity contribution is -0.123. The van der Waals surface area contributed by atoms with Gasteiger partial charge < -0.3 is 5.11 Å². The minimum atomic E-state index is -1.21. The highest BCUT2D eigenvalue weighted by atomic mass is 19.1. The van der Waals surface area contributed by atoms with Crippen molar-refractivity contribution >= 4 is 5.78 Å². The summed E-state index contributed by atoms with van der Waals surface area (Å²) in [6.07, 6.45) is 0.465. The van der Waals surface area contributed by atoms with E-state index in [-0.39, 0.29) is 18.0 Å². The van der Waals surface area contributed by atoms with Gasteiger partial charge in [-0.3, -0.25) is 4.79 Å². The third-order valence-electron chi connectivity index (χ3n) is 2.40. The number of benzene rings is 1. The number of ketones is 1. The topological polar surface area (TPSA) is 37.3 Å². The summed E-state index contributed by atoms with van der Waals surface area (Å²) in [6, 6.07) is 5.55. The van der Waals surface area contributed by atoms with E-state index in [0.29, 0.717) is 12.0 Å². The van der Waals surface area contributed by atoms with Crippen LogP contribution in [0.5, 0.6) is 0 Å². The molecule has 1 rings (SSSR count).